The summed E-state index contributed by atoms with van der Waals surface area (Å²) in [7, 11) is 0. The van der Waals surface area contributed by atoms with Gasteiger partial charge in [0.05, 0.1) is 11.7 Å². The normalized spacial score (nSPS) is 29.3. The van der Waals surface area contributed by atoms with E-state index in [1.165, 1.54) is 6.07 Å². The average molecular weight is 368 g/mol. The van der Waals surface area contributed by atoms with Gasteiger partial charge in [0.1, 0.15) is 0 Å². The van der Waals surface area contributed by atoms with E-state index < -0.39 is 11.5 Å². The third-order valence-corrected chi connectivity index (χ3v) is 6.27. The highest BCUT2D eigenvalue weighted by Gasteiger charge is 2.71. The highest BCUT2D eigenvalue weighted by atomic mass is 16.3. The van der Waals surface area contributed by atoms with E-state index in [1.54, 1.807) is 11.0 Å². The lowest BCUT2D eigenvalue weighted by Gasteiger charge is -2.18. The largest absolute Gasteiger partial charge is 0.396 e. The molecular weight excluding hydrogens is 344 g/mol. The number of aliphatic hydroxyl groups excluding tert-OH is 2. The van der Waals surface area contributed by atoms with Gasteiger partial charge in [0.25, 0.3) is 5.91 Å². The third kappa shape index (κ3) is 2.71. The predicted molar refractivity (Wildman–Crippen MR) is 101 cm³/mol. The first-order valence-corrected chi connectivity index (χ1v) is 9.38. The Morgan fingerprint density at radius 1 is 1.26 bits per heavy atom. The number of carbonyl (C=O) groups is 1. The van der Waals surface area contributed by atoms with Crippen molar-refractivity contribution in [3.8, 4) is 0 Å². The first-order chi connectivity index (χ1) is 13.0. The molecule has 1 saturated carbocycles. The topological polar surface area (TPSA) is 93.6 Å². The van der Waals surface area contributed by atoms with Crippen LogP contribution in [0.3, 0.4) is 0 Å². The van der Waals surface area contributed by atoms with E-state index >= 15 is 0 Å². The molecule has 2 aliphatic rings. The molecule has 4 atom stereocenters. The molecule has 0 bridgehead atoms. The van der Waals surface area contributed by atoms with E-state index in [0.717, 1.165) is 5.56 Å². The van der Waals surface area contributed by atoms with E-state index in [2.05, 4.69) is 4.98 Å². The molecule has 27 heavy (non-hydrogen) atoms. The molecule has 0 radical (unpaired) electrons. The second-order valence-corrected chi connectivity index (χ2v) is 7.56. The number of hydrogen-bond acceptors (Lipinski definition) is 4. The Bertz CT molecular complexity index is 910. The van der Waals surface area contributed by atoms with Gasteiger partial charge < -0.3 is 20.1 Å². The van der Waals surface area contributed by atoms with Crippen molar-refractivity contribution in [2.75, 3.05) is 19.7 Å². The minimum atomic E-state index is -0.684. The first-order valence-electron chi connectivity index (χ1n) is 9.38. The molecule has 2 heterocycles. The summed E-state index contributed by atoms with van der Waals surface area (Å²) < 4.78 is 0. The molecule has 1 aliphatic heterocycles. The van der Waals surface area contributed by atoms with Crippen molar-refractivity contribution >= 4 is 5.91 Å². The number of benzene rings is 1. The SMILES string of the molecule is CCc1[nH]c(=O)ccc1C(=O)N1C[C@@H](O)[C@@]2(C1)[C@H](CO)[C@H]2c1ccccc1. The molecule has 1 aromatic heterocycles. The fourth-order valence-corrected chi connectivity index (χ4v) is 4.89. The maximum Gasteiger partial charge on any atom is 0.255 e. The van der Waals surface area contributed by atoms with Crippen LogP contribution in [0.15, 0.2) is 47.3 Å². The number of nitrogens with one attached hydrogen (secondary N) is 1. The van der Waals surface area contributed by atoms with Gasteiger partial charge in [0.2, 0.25) is 5.56 Å². The lowest BCUT2D eigenvalue weighted by Crippen LogP contribution is -2.31. The summed E-state index contributed by atoms with van der Waals surface area (Å²) >= 11 is 0. The monoisotopic (exact) mass is 368 g/mol. The predicted octanol–water partition coefficient (Wildman–Crippen LogP) is 1.15. The number of rotatable bonds is 4. The lowest BCUT2D eigenvalue weighted by atomic mass is 9.95. The Balaban J connectivity index is 1.62. The standard InChI is InChI=1S/C21H24N2O4/c1-2-16-14(8-9-18(26)22-16)20(27)23-10-17(25)21(12-23)15(11-24)19(21)13-6-4-3-5-7-13/h3-9,15,17,19,24-25H,2,10-12H2,1H3,(H,22,26)/t15-,17-,19-,21-/m1/s1. The number of aryl methyl sites for hydroxylation is 1. The summed E-state index contributed by atoms with van der Waals surface area (Å²) in [5.41, 5.74) is 1.44. The molecule has 6 heteroatoms. The molecule has 6 nitrogen and oxygen atoms in total. The smallest absolute Gasteiger partial charge is 0.255 e. The highest BCUT2D eigenvalue weighted by molar-refractivity contribution is 5.95. The van der Waals surface area contributed by atoms with Crippen molar-refractivity contribution in [2.24, 2.45) is 11.3 Å². The third-order valence-electron chi connectivity index (χ3n) is 6.27. The second kappa shape index (κ2) is 6.62. The van der Waals surface area contributed by atoms with Crippen LogP contribution < -0.4 is 5.56 Å². The zero-order valence-corrected chi connectivity index (χ0v) is 15.3. The molecule has 1 saturated heterocycles. The Labute approximate surface area is 157 Å². The van der Waals surface area contributed by atoms with Crippen LogP contribution >= 0.6 is 0 Å². The van der Waals surface area contributed by atoms with E-state index in [0.29, 0.717) is 24.2 Å². The van der Waals surface area contributed by atoms with E-state index in [4.69, 9.17) is 0 Å². The van der Waals surface area contributed by atoms with Crippen molar-refractivity contribution in [1.82, 2.24) is 9.88 Å². The molecule has 1 spiro atoms. The summed E-state index contributed by atoms with van der Waals surface area (Å²) in [5, 5.41) is 20.7. The van der Waals surface area contributed by atoms with Gasteiger partial charge in [0, 0.05) is 36.9 Å². The van der Waals surface area contributed by atoms with Crippen molar-refractivity contribution in [1.29, 1.82) is 0 Å². The maximum atomic E-state index is 13.1. The molecule has 2 fully saturated rings. The minimum absolute atomic E-state index is 0.0164. The molecular formula is C21H24N2O4. The summed E-state index contributed by atoms with van der Waals surface area (Å²) in [6.45, 7) is 2.51. The van der Waals surface area contributed by atoms with Gasteiger partial charge in [-0.2, -0.15) is 0 Å². The summed E-state index contributed by atoms with van der Waals surface area (Å²) in [6, 6.07) is 12.8. The van der Waals surface area contributed by atoms with E-state index in [1.807, 2.05) is 37.3 Å². The fourth-order valence-electron chi connectivity index (χ4n) is 4.89. The lowest BCUT2D eigenvalue weighted by molar-refractivity contribution is 0.0762. The number of likely N-dealkylation sites (tertiary alicyclic amines) is 1. The van der Waals surface area contributed by atoms with Crippen molar-refractivity contribution in [2.45, 2.75) is 25.4 Å². The zero-order valence-electron chi connectivity index (χ0n) is 15.3. The number of aromatic amines is 1. The van der Waals surface area contributed by atoms with Gasteiger partial charge >= 0.3 is 0 Å². The Morgan fingerprint density at radius 3 is 2.67 bits per heavy atom. The number of aromatic nitrogens is 1. The number of hydrogen-bond donors (Lipinski definition) is 3. The molecule has 0 unspecified atom stereocenters. The number of pyridine rings is 1. The summed E-state index contributed by atoms with van der Waals surface area (Å²) in [4.78, 5) is 29.0. The van der Waals surface area contributed by atoms with Crippen LogP contribution in [0.2, 0.25) is 0 Å². The fraction of sp³-hybridized carbons (Fsp3) is 0.429. The zero-order chi connectivity index (χ0) is 19.2. The second-order valence-electron chi connectivity index (χ2n) is 7.56. The molecule has 4 rings (SSSR count). The summed E-state index contributed by atoms with van der Waals surface area (Å²) in [5.74, 6) is -0.207. The van der Waals surface area contributed by atoms with Gasteiger partial charge in [-0.25, -0.2) is 0 Å². The number of amides is 1. The average Bonchev–Trinajstić information content (AvgIpc) is 3.22. The van der Waals surface area contributed by atoms with Gasteiger partial charge in [0.15, 0.2) is 0 Å². The number of carbonyl (C=O) groups excluding carboxylic acids is 1. The van der Waals surface area contributed by atoms with Crippen LogP contribution in [0.25, 0.3) is 0 Å². The maximum absolute atomic E-state index is 13.1. The molecule has 1 aromatic carbocycles. The van der Waals surface area contributed by atoms with Crippen LogP contribution in [0.4, 0.5) is 0 Å². The van der Waals surface area contributed by atoms with Crippen LogP contribution in [0.1, 0.15) is 34.5 Å². The molecule has 1 aliphatic carbocycles. The van der Waals surface area contributed by atoms with Crippen LogP contribution in [0, 0.1) is 11.3 Å². The van der Waals surface area contributed by atoms with Gasteiger partial charge in [-0.15, -0.1) is 0 Å². The van der Waals surface area contributed by atoms with Gasteiger partial charge in [-0.3, -0.25) is 9.59 Å². The minimum Gasteiger partial charge on any atom is -0.396 e. The first kappa shape index (κ1) is 17.9. The number of aliphatic hydroxyl groups is 2. The number of H-pyrrole nitrogens is 1. The van der Waals surface area contributed by atoms with Crippen molar-refractivity contribution in [3.05, 3.63) is 69.6 Å². The van der Waals surface area contributed by atoms with Crippen LogP contribution in [0.5, 0.6) is 0 Å². The number of nitrogens with zero attached hydrogens (tertiary/aromatic N) is 1. The van der Waals surface area contributed by atoms with Crippen molar-refractivity contribution in [3.63, 3.8) is 0 Å². The van der Waals surface area contributed by atoms with E-state index in [9.17, 15) is 19.8 Å². The quantitative estimate of drug-likeness (QED) is 0.755. The summed E-state index contributed by atoms with van der Waals surface area (Å²) in [6.07, 6.45) is -0.137. The molecule has 1 amide bonds. The van der Waals surface area contributed by atoms with Crippen molar-refractivity contribution < 1.29 is 15.0 Å². The van der Waals surface area contributed by atoms with Gasteiger partial charge in [-0.05, 0) is 29.9 Å². The number of β-amino-alcohol motifs (C(OH)–C–C–N with tert-alkyl or cyclic N) is 1. The van der Waals surface area contributed by atoms with Gasteiger partial charge in [-0.1, -0.05) is 37.3 Å². The van der Waals surface area contributed by atoms with E-state index in [-0.39, 0.29) is 36.5 Å². The Hall–Kier alpha value is -2.44. The molecule has 2 aromatic rings. The molecule has 142 valence electrons. The van der Waals surface area contributed by atoms with Crippen LogP contribution in [-0.4, -0.2) is 51.8 Å². The highest BCUT2D eigenvalue weighted by Crippen LogP contribution is 2.68. The Morgan fingerprint density at radius 2 is 2.00 bits per heavy atom. The Kier molecular flexibility index (Phi) is 4.40. The molecule has 3 N–H and O–H groups in total. The van der Waals surface area contributed by atoms with Crippen LogP contribution in [-0.2, 0) is 6.42 Å².